The van der Waals surface area contributed by atoms with E-state index in [-0.39, 0.29) is 6.10 Å². The van der Waals surface area contributed by atoms with Gasteiger partial charge in [-0.25, -0.2) is 4.68 Å². The lowest BCUT2D eigenvalue weighted by Gasteiger charge is -2.29. The van der Waals surface area contributed by atoms with Crippen LogP contribution in [0, 0.1) is 0 Å². The minimum absolute atomic E-state index is 0.254. The maximum Gasteiger partial charge on any atom is 0.119 e. The molecule has 0 N–H and O–H groups in total. The largest absolute Gasteiger partial charge is 0.493 e. The molecule has 0 spiro atoms. The molecule has 3 rings (SSSR count). The Morgan fingerprint density at radius 2 is 2.00 bits per heavy atom. The third-order valence-corrected chi connectivity index (χ3v) is 4.24. The van der Waals surface area contributed by atoms with Crippen molar-refractivity contribution < 1.29 is 9.47 Å². The molecule has 0 unspecified atom stereocenters. The second-order valence-corrected chi connectivity index (χ2v) is 5.73. The van der Waals surface area contributed by atoms with Crippen molar-refractivity contribution in [3.8, 4) is 5.75 Å². The molecule has 1 aromatic heterocycles. The zero-order valence-corrected chi connectivity index (χ0v) is 13.0. The summed E-state index contributed by atoms with van der Waals surface area (Å²) in [6.07, 6.45) is 7.74. The number of rotatable bonds is 6. The van der Waals surface area contributed by atoms with Crippen LogP contribution in [0.1, 0.15) is 37.4 Å². The van der Waals surface area contributed by atoms with E-state index in [1.54, 1.807) is 7.11 Å². The Balaban J connectivity index is 1.54. The highest BCUT2D eigenvalue weighted by Crippen LogP contribution is 2.29. The van der Waals surface area contributed by atoms with E-state index in [9.17, 15) is 0 Å². The normalized spacial score (nSPS) is 21.7. The molecule has 2 atom stereocenters. The van der Waals surface area contributed by atoms with Crippen molar-refractivity contribution >= 4 is 0 Å². The van der Waals surface area contributed by atoms with Crippen LogP contribution in [-0.2, 0) is 11.2 Å². The summed E-state index contributed by atoms with van der Waals surface area (Å²) >= 11 is 0. The van der Waals surface area contributed by atoms with E-state index < -0.39 is 0 Å². The monoisotopic (exact) mass is 301 g/mol. The Morgan fingerprint density at radius 1 is 1.18 bits per heavy atom. The fourth-order valence-corrected chi connectivity index (χ4v) is 3.04. The average Bonchev–Trinajstić information content (AvgIpc) is 3.04. The zero-order valence-electron chi connectivity index (χ0n) is 13.0. The van der Waals surface area contributed by atoms with Crippen molar-refractivity contribution in [1.82, 2.24) is 15.0 Å². The van der Waals surface area contributed by atoms with E-state index in [1.165, 1.54) is 12.8 Å². The summed E-state index contributed by atoms with van der Waals surface area (Å²) in [5, 5.41) is 8.56. The highest BCUT2D eigenvalue weighted by molar-refractivity contribution is 5.20. The van der Waals surface area contributed by atoms with Gasteiger partial charge in [0.05, 0.1) is 24.4 Å². The van der Waals surface area contributed by atoms with Crippen LogP contribution in [0.2, 0.25) is 0 Å². The van der Waals surface area contributed by atoms with Crippen LogP contribution < -0.4 is 4.74 Å². The van der Waals surface area contributed by atoms with Gasteiger partial charge in [-0.2, -0.15) is 0 Å². The lowest BCUT2D eigenvalue weighted by molar-refractivity contribution is 0.0239. The van der Waals surface area contributed by atoms with Gasteiger partial charge in [-0.15, -0.1) is 5.10 Å². The van der Waals surface area contributed by atoms with Gasteiger partial charge in [-0.1, -0.05) is 36.3 Å². The fraction of sp³-hybridized carbons (Fsp3) is 0.529. The van der Waals surface area contributed by atoms with Crippen molar-refractivity contribution in [2.75, 3.05) is 13.7 Å². The van der Waals surface area contributed by atoms with Crippen molar-refractivity contribution in [2.24, 2.45) is 0 Å². The van der Waals surface area contributed by atoms with Gasteiger partial charge in [-0.3, -0.25) is 0 Å². The molecule has 1 heterocycles. The summed E-state index contributed by atoms with van der Waals surface area (Å²) in [6.45, 7) is 0.612. The summed E-state index contributed by atoms with van der Waals surface area (Å²) in [4.78, 5) is 0. The third-order valence-electron chi connectivity index (χ3n) is 4.24. The number of hydrogen-bond acceptors (Lipinski definition) is 4. The molecule has 1 aromatic carbocycles. The lowest BCUT2D eigenvalue weighted by atomic mass is 9.92. The van der Waals surface area contributed by atoms with Gasteiger partial charge in [0.1, 0.15) is 5.75 Å². The summed E-state index contributed by atoms with van der Waals surface area (Å²) in [5.41, 5.74) is 0.969. The molecule has 118 valence electrons. The van der Waals surface area contributed by atoms with Gasteiger partial charge in [0.15, 0.2) is 0 Å². The van der Waals surface area contributed by atoms with Gasteiger partial charge in [0.25, 0.3) is 0 Å². The minimum atomic E-state index is 0.254. The van der Waals surface area contributed by atoms with E-state index in [0.717, 1.165) is 30.7 Å². The molecule has 1 fully saturated rings. The third kappa shape index (κ3) is 3.65. The van der Waals surface area contributed by atoms with E-state index in [1.807, 2.05) is 41.2 Å². The molecule has 1 saturated carbocycles. The molecular weight excluding hydrogens is 278 g/mol. The predicted molar refractivity (Wildman–Crippen MR) is 84.0 cm³/mol. The SMILES string of the molecule is CO[C@@H]1CCCC[C@H]1n1cc(CCOc2ccccc2)nn1. The highest BCUT2D eigenvalue weighted by Gasteiger charge is 2.27. The predicted octanol–water partition coefficient (Wildman–Crippen LogP) is 3.03. The number of methoxy groups -OCH3 is 1. The lowest BCUT2D eigenvalue weighted by Crippen LogP contribution is -2.29. The molecule has 0 aliphatic heterocycles. The Kier molecular flexibility index (Phi) is 5.06. The first-order valence-corrected chi connectivity index (χ1v) is 7.98. The number of ether oxygens (including phenoxy) is 2. The van der Waals surface area contributed by atoms with Gasteiger partial charge < -0.3 is 9.47 Å². The first kappa shape index (κ1) is 15.0. The summed E-state index contributed by atoms with van der Waals surface area (Å²) in [7, 11) is 1.79. The van der Waals surface area contributed by atoms with E-state index in [2.05, 4.69) is 10.3 Å². The van der Waals surface area contributed by atoms with Crippen LogP contribution in [0.3, 0.4) is 0 Å². The maximum atomic E-state index is 5.71. The number of benzene rings is 1. The Hall–Kier alpha value is -1.88. The van der Waals surface area contributed by atoms with Crippen LogP contribution in [0.25, 0.3) is 0 Å². The fourth-order valence-electron chi connectivity index (χ4n) is 3.04. The second kappa shape index (κ2) is 7.40. The number of para-hydroxylation sites is 1. The first-order valence-electron chi connectivity index (χ1n) is 7.98. The summed E-state index contributed by atoms with van der Waals surface area (Å²) < 4.78 is 13.3. The topological polar surface area (TPSA) is 49.2 Å². The minimum Gasteiger partial charge on any atom is -0.493 e. The van der Waals surface area contributed by atoms with Crippen molar-refractivity contribution in [1.29, 1.82) is 0 Å². The quantitative estimate of drug-likeness (QED) is 0.823. The van der Waals surface area contributed by atoms with Crippen molar-refractivity contribution in [3.05, 3.63) is 42.2 Å². The molecule has 22 heavy (non-hydrogen) atoms. The molecular formula is C17H23N3O2. The molecule has 2 aromatic rings. The average molecular weight is 301 g/mol. The number of aromatic nitrogens is 3. The van der Waals surface area contributed by atoms with E-state index >= 15 is 0 Å². The standard InChI is InChI=1S/C17H23N3O2/c1-21-17-10-6-5-9-16(17)20-13-14(18-19-20)11-12-22-15-7-3-2-4-8-15/h2-4,7-8,13,16-17H,5-6,9-12H2,1H3/t16-,17-/m1/s1. The first-order chi connectivity index (χ1) is 10.9. The van der Waals surface area contributed by atoms with Crippen LogP contribution >= 0.6 is 0 Å². The maximum absolute atomic E-state index is 5.71. The molecule has 0 amide bonds. The number of hydrogen-bond donors (Lipinski definition) is 0. The smallest absolute Gasteiger partial charge is 0.119 e. The Labute approximate surface area is 131 Å². The summed E-state index contributed by atoms with van der Waals surface area (Å²) in [6, 6.07) is 10.2. The summed E-state index contributed by atoms with van der Waals surface area (Å²) in [5.74, 6) is 0.890. The van der Waals surface area contributed by atoms with E-state index in [0.29, 0.717) is 12.6 Å². The molecule has 1 aliphatic rings. The molecule has 5 heteroatoms. The van der Waals surface area contributed by atoms with Crippen molar-refractivity contribution in [3.63, 3.8) is 0 Å². The van der Waals surface area contributed by atoms with Crippen LogP contribution in [-0.4, -0.2) is 34.8 Å². The van der Waals surface area contributed by atoms with Crippen LogP contribution in [0.15, 0.2) is 36.5 Å². The molecule has 0 saturated heterocycles. The molecule has 0 bridgehead atoms. The Bertz CT molecular complexity index is 570. The van der Waals surface area contributed by atoms with Gasteiger partial charge in [0, 0.05) is 19.7 Å². The molecule has 5 nitrogen and oxygen atoms in total. The molecule has 0 radical (unpaired) electrons. The second-order valence-electron chi connectivity index (χ2n) is 5.73. The van der Waals surface area contributed by atoms with Crippen LogP contribution in [0.5, 0.6) is 5.75 Å². The van der Waals surface area contributed by atoms with Gasteiger partial charge in [0.2, 0.25) is 0 Å². The van der Waals surface area contributed by atoms with Gasteiger partial charge >= 0.3 is 0 Å². The Morgan fingerprint density at radius 3 is 2.82 bits per heavy atom. The van der Waals surface area contributed by atoms with Crippen LogP contribution in [0.4, 0.5) is 0 Å². The van der Waals surface area contributed by atoms with Gasteiger partial charge in [-0.05, 0) is 25.0 Å². The highest BCUT2D eigenvalue weighted by atomic mass is 16.5. The zero-order chi connectivity index (χ0) is 15.2. The molecule has 1 aliphatic carbocycles. The number of nitrogens with zero attached hydrogens (tertiary/aromatic N) is 3. The van der Waals surface area contributed by atoms with Crippen molar-refractivity contribution in [2.45, 2.75) is 44.2 Å². The van der Waals surface area contributed by atoms with E-state index in [4.69, 9.17) is 9.47 Å².